The van der Waals surface area contributed by atoms with E-state index in [-0.39, 0.29) is 0 Å². The summed E-state index contributed by atoms with van der Waals surface area (Å²) in [5.74, 6) is -7.10. The molecule has 6 heteroatoms. The molecule has 1 rings (SSSR count). The van der Waals surface area contributed by atoms with Crippen molar-refractivity contribution in [1.29, 1.82) is 0 Å². The molecule has 0 aromatic heterocycles. The molecule has 0 spiro atoms. The largest absolute Gasteiger partial charge is 0.389 e. The van der Waals surface area contributed by atoms with Gasteiger partial charge in [-0.3, -0.25) is 4.79 Å². The summed E-state index contributed by atoms with van der Waals surface area (Å²) < 4.78 is 3.79. The zero-order valence-electron chi connectivity index (χ0n) is 4.77. The molecule has 0 amide bonds. The van der Waals surface area contributed by atoms with Gasteiger partial charge >= 0.3 is 11.9 Å². The molecule has 1 saturated heterocycles. The van der Waals surface area contributed by atoms with Crippen molar-refractivity contribution < 1.29 is 24.5 Å². The first-order chi connectivity index (χ1) is 4.46. The Morgan fingerprint density at radius 1 is 1.50 bits per heavy atom. The van der Waals surface area contributed by atoms with Gasteiger partial charge in [-0.05, 0) is 0 Å². The van der Waals surface area contributed by atoms with Crippen LogP contribution >= 0.6 is 0 Å². The Morgan fingerprint density at radius 2 is 2.00 bits per heavy atom. The predicted molar refractivity (Wildman–Crippen MR) is 27.8 cm³/mol. The normalized spacial score (nSPS) is 30.4. The highest BCUT2D eigenvalue weighted by Gasteiger charge is 2.52. The van der Waals surface area contributed by atoms with Gasteiger partial charge in [0.1, 0.15) is 0 Å². The van der Waals surface area contributed by atoms with E-state index < -0.39 is 23.5 Å². The van der Waals surface area contributed by atoms with Gasteiger partial charge in [0.15, 0.2) is 0 Å². The smallest absolute Gasteiger partial charge is 0.374 e. The fourth-order valence-corrected chi connectivity index (χ4v) is 0.521. The highest BCUT2D eigenvalue weighted by atomic mass is 16.6. The summed E-state index contributed by atoms with van der Waals surface area (Å²) in [5.41, 5.74) is 0. The Morgan fingerprint density at radius 3 is 2.10 bits per heavy atom. The molecule has 0 aromatic rings. The van der Waals surface area contributed by atoms with Gasteiger partial charge in [-0.2, -0.15) is 0 Å². The molecule has 1 aliphatic rings. The molecular weight excluding hydrogens is 139 g/mol. The SMILES string of the molecule is [B]C1C(=O)OC(=O)C1(O)O. The number of aliphatic hydroxyl groups is 2. The quantitative estimate of drug-likeness (QED) is 0.172. The molecule has 1 unspecified atom stereocenters. The van der Waals surface area contributed by atoms with Crippen LogP contribution < -0.4 is 0 Å². The van der Waals surface area contributed by atoms with Crippen LogP contribution in [0, 0.1) is 0 Å². The van der Waals surface area contributed by atoms with E-state index in [1.54, 1.807) is 0 Å². The zero-order valence-corrected chi connectivity index (χ0v) is 4.77. The molecular formula is C4H3BO5. The van der Waals surface area contributed by atoms with Gasteiger partial charge in [-0.1, -0.05) is 0 Å². The second-order valence-electron chi connectivity index (χ2n) is 1.91. The number of carbonyl (C=O) groups excluding carboxylic acids is 2. The van der Waals surface area contributed by atoms with E-state index in [1.165, 1.54) is 0 Å². The van der Waals surface area contributed by atoms with E-state index in [0.717, 1.165) is 0 Å². The maximum Gasteiger partial charge on any atom is 0.374 e. The van der Waals surface area contributed by atoms with Crippen LogP contribution in [0.2, 0.25) is 5.82 Å². The number of cyclic esters (lactones) is 2. The van der Waals surface area contributed by atoms with Gasteiger partial charge in [0, 0.05) is 0 Å². The summed E-state index contributed by atoms with van der Waals surface area (Å²) in [5, 5.41) is 17.3. The number of carbonyl (C=O) groups is 2. The van der Waals surface area contributed by atoms with Crippen molar-refractivity contribution in [2.75, 3.05) is 0 Å². The van der Waals surface area contributed by atoms with Crippen molar-refractivity contribution in [3.05, 3.63) is 0 Å². The Balaban J connectivity index is 2.96. The minimum Gasteiger partial charge on any atom is -0.389 e. The summed E-state index contributed by atoms with van der Waals surface area (Å²) in [6.07, 6.45) is 0. The topological polar surface area (TPSA) is 83.8 Å². The first-order valence-electron chi connectivity index (χ1n) is 2.42. The molecule has 1 atom stereocenters. The fraction of sp³-hybridized carbons (Fsp3) is 0.500. The van der Waals surface area contributed by atoms with Crippen LogP contribution in [-0.4, -0.2) is 35.8 Å². The van der Waals surface area contributed by atoms with E-state index in [4.69, 9.17) is 18.1 Å². The standard InChI is InChI=1S/C4H3BO5/c5-1-2(6)10-3(7)4(1,8)9/h1,8-9H. The molecule has 52 valence electrons. The zero-order chi connectivity index (χ0) is 7.94. The van der Waals surface area contributed by atoms with Gasteiger partial charge < -0.3 is 14.9 Å². The molecule has 1 aliphatic heterocycles. The molecule has 1 fully saturated rings. The van der Waals surface area contributed by atoms with E-state index >= 15 is 0 Å². The second kappa shape index (κ2) is 1.80. The van der Waals surface area contributed by atoms with Crippen LogP contribution in [0.15, 0.2) is 0 Å². The maximum atomic E-state index is 10.3. The Kier molecular flexibility index (Phi) is 1.30. The van der Waals surface area contributed by atoms with Crippen molar-refractivity contribution in [3.8, 4) is 0 Å². The van der Waals surface area contributed by atoms with Crippen LogP contribution in [0.4, 0.5) is 0 Å². The van der Waals surface area contributed by atoms with E-state index in [9.17, 15) is 9.59 Å². The molecule has 0 aromatic carbocycles. The van der Waals surface area contributed by atoms with Gasteiger partial charge in [0.2, 0.25) is 0 Å². The second-order valence-corrected chi connectivity index (χ2v) is 1.91. The average Bonchev–Trinajstić information content (AvgIpc) is 1.97. The summed E-state index contributed by atoms with van der Waals surface area (Å²) >= 11 is 0. The number of rotatable bonds is 0. The number of esters is 2. The van der Waals surface area contributed by atoms with E-state index in [0.29, 0.717) is 0 Å². The maximum absolute atomic E-state index is 10.3. The minimum atomic E-state index is -2.85. The predicted octanol–water partition coefficient (Wildman–Crippen LogP) is -2.29. The lowest BCUT2D eigenvalue weighted by molar-refractivity contribution is -0.188. The van der Waals surface area contributed by atoms with Crippen molar-refractivity contribution in [2.45, 2.75) is 11.6 Å². The molecule has 0 bridgehead atoms. The lowest BCUT2D eigenvalue weighted by Crippen LogP contribution is -2.37. The number of hydrogen-bond acceptors (Lipinski definition) is 5. The van der Waals surface area contributed by atoms with Crippen LogP contribution in [0.5, 0.6) is 0 Å². The summed E-state index contributed by atoms with van der Waals surface area (Å²) in [4.78, 5) is 20.6. The highest BCUT2D eigenvalue weighted by molar-refractivity contribution is 6.29. The van der Waals surface area contributed by atoms with Crippen molar-refractivity contribution >= 4 is 19.8 Å². The summed E-state index contributed by atoms with van der Waals surface area (Å²) in [6, 6.07) is 0. The van der Waals surface area contributed by atoms with Crippen LogP contribution in [-0.2, 0) is 14.3 Å². The third-order valence-electron chi connectivity index (χ3n) is 1.18. The minimum absolute atomic E-state index is 1.13. The van der Waals surface area contributed by atoms with Gasteiger partial charge in [-0.15, -0.1) is 0 Å². The molecule has 0 saturated carbocycles. The molecule has 2 radical (unpaired) electrons. The summed E-state index contributed by atoms with van der Waals surface area (Å²) in [6.45, 7) is 0. The summed E-state index contributed by atoms with van der Waals surface area (Å²) in [7, 11) is 4.85. The molecule has 10 heavy (non-hydrogen) atoms. The van der Waals surface area contributed by atoms with E-state index in [1.807, 2.05) is 0 Å². The average molecular weight is 142 g/mol. The monoisotopic (exact) mass is 142 g/mol. The van der Waals surface area contributed by atoms with Crippen molar-refractivity contribution in [2.24, 2.45) is 0 Å². The van der Waals surface area contributed by atoms with Gasteiger partial charge in [0.25, 0.3) is 5.79 Å². The molecule has 2 N–H and O–H groups in total. The lowest BCUT2D eigenvalue weighted by Gasteiger charge is -2.11. The Labute approximate surface area is 57.0 Å². The lowest BCUT2D eigenvalue weighted by atomic mass is 9.82. The first kappa shape index (κ1) is 7.23. The third-order valence-corrected chi connectivity index (χ3v) is 1.18. The molecule has 5 nitrogen and oxygen atoms in total. The number of ether oxygens (including phenoxy) is 1. The highest BCUT2D eigenvalue weighted by Crippen LogP contribution is 2.27. The molecule has 1 heterocycles. The van der Waals surface area contributed by atoms with Crippen molar-refractivity contribution in [3.63, 3.8) is 0 Å². The van der Waals surface area contributed by atoms with Gasteiger partial charge in [0.05, 0.1) is 13.7 Å². The fourth-order valence-electron chi connectivity index (χ4n) is 0.521. The molecule has 0 aliphatic carbocycles. The first-order valence-corrected chi connectivity index (χ1v) is 2.42. The Hall–Kier alpha value is -0.875. The number of hydrogen-bond donors (Lipinski definition) is 2. The van der Waals surface area contributed by atoms with Crippen LogP contribution in [0.1, 0.15) is 0 Å². The van der Waals surface area contributed by atoms with Crippen LogP contribution in [0.3, 0.4) is 0 Å². The van der Waals surface area contributed by atoms with E-state index in [2.05, 4.69) is 4.74 Å². The van der Waals surface area contributed by atoms with Gasteiger partial charge in [-0.25, -0.2) is 4.79 Å². The Bertz CT molecular complexity index is 198. The third kappa shape index (κ3) is 0.731. The van der Waals surface area contributed by atoms with Crippen molar-refractivity contribution in [1.82, 2.24) is 0 Å². The van der Waals surface area contributed by atoms with Crippen LogP contribution in [0.25, 0.3) is 0 Å².